The van der Waals surface area contributed by atoms with Crippen LogP contribution in [0.3, 0.4) is 0 Å². The molecular weight excluding hydrogens is 154 g/mol. The average Bonchev–Trinajstić information content (AvgIpc) is 2.30. The minimum Gasteiger partial charge on any atom is -0.463 e. The topological polar surface area (TPSA) is 59.4 Å². The second-order valence-electron chi connectivity index (χ2n) is 3.00. The van der Waals surface area contributed by atoms with E-state index < -0.39 is 6.10 Å². The Hall–Kier alpha value is -0.800. The molecule has 0 amide bonds. The van der Waals surface area contributed by atoms with Crippen molar-refractivity contribution >= 4 is 0 Å². The second kappa shape index (κ2) is 3.74. The van der Waals surface area contributed by atoms with Crippen LogP contribution in [0.4, 0.5) is 0 Å². The molecule has 0 aliphatic rings. The first-order valence-electron chi connectivity index (χ1n) is 4.10. The standard InChI is InChI=1S/C9H15NO2/c1-6-5-7(2)12-9(6)8(11)3-4-10/h5,8,11H,3-4,10H2,1-2H3. The normalized spacial score (nSPS) is 13.3. The van der Waals surface area contributed by atoms with Crippen molar-refractivity contribution in [1.29, 1.82) is 0 Å². The zero-order valence-corrected chi connectivity index (χ0v) is 7.50. The molecular formula is C9H15NO2. The Balaban J connectivity index is 2.79. The van der Waals surface area contributed by atoms with Gasteiger partial charge in [-0.15, -0.1) is 0 Å². The number of aliphatic hydroxyl groups is 1. The predicted molar refractivity (Wildman–Crippen MR) is 46.8 cm³/mol. The highest BCUT2D eigenvalue weighted by molar-refractivity contribution is 5.21. The largest absolute Gasteiger partial charge is 0.463 e. The third-order valence-corrected chi connectivity index (χ3v) is 1.82. The molecule has 68 valence electrons. The van der Waals surface area contributed by atoms with Gasteiger partial charge >= 0.3 is 0 Å². The minimum absolute atomic E-state index is 0.473. The van der Waals surface area contributed by atoms with E-state index in [1.54, 1.807) is 0 Å². The molecule has 0 spiro atoms. The summed E-state index contributed by atoms with van der Waals surface area (Å²) in [6.45, 7) is 4.26. The lowest BCUT2D eigenvalue weighted by molar-refractivity contribution is 0.140. The van der Waals surface area contributed by atoms with Gasteiger partial charge in [-0.05, 0) is 38.4 Å². The minimum atomic E-state index is -0.552. The summed E-state index contributed by atoms with van der Waals surface area (Å²) in [6.07, 6.45) is -0.00273. The molecule has 12 heavy (non-hydrogen) atoms. The van der Waals surface area contributed by atoms with E-state index in [0.717, 1.165) is 11.3 Å². The van der Waals surface area contributed by atoms with Gasteiger partial charge in [0, 0.05) is 0 Å². The lowest BCUT2D eigenvalue weighted by atomic mass is 10.1. The van der Waals surface area contributed by atoms with Crippen molar-refractivity contribution in [3.63, 3.8) is 0 Å². The lowest BCUT2D eigenvalue weighted by Crippen LogP contribution is -2.06. The number of hydrogen-bond acceptors (Lipinski definition) is 3. The van der Waals surface area contributed by atoms with Crippen LogP contribution in [0.5, 0.6) is 0 Å². The summed E-state index contributed by atoms with van der Waals surface area (Å²) in [6, 6.07) is 1.91. The molecule has 1 unspecified atom stereocenters. The first kappa shape index (κ1) is 9.29. The molecule has 0 fully saturated rings. The molecule has 3 nitrogen and oxygen atoms in total. The van der Waals surface area contributed by atoms with E-state index in [-0.39, 0.29) is 0 Å². The summed E-state index contributed by atoms with van der Waals surface area (Å²) < 4.78 is 5.32. The Labute approximate surface area is 72.2 Å². The van der Waals surface area contributed by atoms with E-state index in [1.165, 1.54) is 0 Å². The summed E-state index contributed by atoms with van der Waals surface area (Å²) in [7, 11) is 0. The van der Waals surface area contributed by atoms with E-state index in [2.05, 4.69) is 0 Å². The van der Waals surface area contributed by atoms with E-state index in [0.29, 0.717) is 18.7 Å². The van der Waals surface area contributed by atoms with Gasteiger partial charge in [0.15, 0.2) is 0 Å². The van der Waals surface area contributed by atoms with Gasteiger partial charge in [-0.1, -0.05) is 0 Å². The maximum Gasteiger partial charge on any atom is 0.135 e. The van der Waals surface area contributed by atoms with Crippen LogP contribution in [-0.2, 0) is 0 Å². The van der Waals surface area contributed by atoms with Crippen molar-refractivity contribution in [3.8, 4) is 0 Å². The van der Waals surface area contributed by atoms with Gasteiger partial charge in [-0.3, -0.25) is 0 Å². The molecule has 3 heteroatoms. The Bertz CT molecular complexity index is 255. The van der Waals surface area contributed by atoms with E-state index in [9.17, 15) is 5.11 Å². The van der Waals surface area contributed by atoms with Crippen LogP contribution in [-0.4, -0.2) is 11.7 Å². The first-order valence-corrected chi connectivity index (χ1v) is 4.10. The molecule has 1 aromatic heterocycles. The SMILES string of the molecule is Cc1cc(C)c(C(O)CCN)o1. The predicted octanol–water partition coefficient (Wildman–Crippen LogP) is 1.28. The summed E-state index contributed by atoms with van der Waals surface area (Å²) >= 11 is 0. The van der Waals surface area contributed by atoms with Crippen LogP contribution in [0.1, 0.15) is 29.6 Å². The van der Waals surface area contributed by atoms with Gasteiger partial charge in [-0.25, -0.2) is 0 Å². The van der Waals surface area contributed by atoms with Gasteiger partial charge in [0.25, 0.3) is 0 Å². The third kappa shape index (κ3) is 1.87. The Morgan fingerprint density at radius 2 is 2.25 bits per heavy atom. The Kier molecular flexibility index (Phi) is 2.89. The number of nitrogens with two attached hydrogens (primary N) is 1. The number of furan rings is 1. The average molecular weight is 169 g/mol. The first-order chi connectivity index (χ1) is 5.65. The van der Waals surface area contributed by atoms with Crippen LogP contribution in [0.15, 0.2) is 10.5 Å². The van der Waals surface area contributed by atoms with Crippen LogP contribution < -0.4 is 5.73 Å². The quantitative estimate of drug-likeness (QED) is 0.716. The molecule has 1 aromatic rings. The fourth-order valence-corrected chi connectivity index (χ4v) is 1.28. The summed E-state index contributed by atoms with van der Waals surface area (Å²) in [5.74, 6) is 1.48. The highest BCUT2D eigenvalue weighted by atomic mass is 16.4. The molecule has 1 heterocycles. The van der Waals surface area contributed by atoms with Crippen molar-refractivity contribution in [1.82, 2.24) is 0 Å². The van der Waals surface area contributed by atoms with E-state index in [4.69, 9.17) is 10.2 Å². The smallest absolute Gasteiger partial charge is 0.135 e. The molecule has 0 saturated carbocycles. The van der Waals surface area contributed by atoms with E-state index >= 15 is 0 Å². The van der Waals surface area contributed by atoms with Crippen LogP contribution >= 0.6 is 0 Å². The van der Waals surface area contributed by atoms with Crippen molar-refractivity contribution in [2.45, 2.75) is 26.4 Å². The van der Waals surface area contributed by atoms with Crippen molar-refractivity contribution < 1.29 is 9.52 Å². The maximum atomic E-state index is 9.54. The summed E-state index contributed by atoms with van der Waals surface area (Å²) in [5, 5.41) is 9.54. The molecule has 1 rings (SSSR count). The van der Waals surface area contributed by atoms with Crippen molar-refractivity contribution in [2.75, 3.05) is 6.54 Å². The fourth-order valence-electron chi connectivity index (χ4n) is 1.28. The van der Waals surface area contributed by atoms with Gasteiger partial charge in [0.1, 0.15) is 17.6 Å². The number of rotatable bonds is 3. The van der Waals surface area contributed by atoms with Gasteiger partial charge in [0.05, 0.1) is 0 Å². The van der Waals surface area contributed by atoms with Crippen LogP contribution in [0.2, 0.25) is 0 Å². The highest BCUT2D eigenvalue weighted by Gasteiger charge is 2.13. The zero-order chi connectivity index (χ0) is 9.14. The summed E-state index contributed by atoms with van der Waals surface area (Å²) in [5.41, 5.74) is 6.32. The molecule has 0 aromatic carbocycles. The number of aliphatic hydroxyl groups excluding tert-OH is 1. The van der Waals surface area contributed by atoms with Crippen LogP contribution in [0.25, 0.3) is 0 Å². The monoisotopic (exact) mass is 169 g/mol. The van der Waals surface area contributed by atoms with E-state index in [1.807, 2.05) is 19.9 Å². The molecule has 0 aliphatic carbocycles. The number of hydrogen-bond donors (Lipinski definition) is 2. The van der Waals surface area contributed by atoms with Crippen LogP contribution in [0, 0.1) is 13.8 Å². The van der Waals surface area contributed by atoms with Crippen molar-refractivity contribution in [3.05, 3.63) is 23.2 Å². The zero-order valence-electron chi connectivity index (χ0n) is 7.50. The molecule has 1 atom stereocenters. The fraction of sp³-hybridized carbons (Fsp3) is 0.556. The molecule has 0 radical (unpaired) electrons. The lowest BCUT2D eigenvalue weighted by Gasteiger charge is -2.06. The highest BCUT2D eigenvalue weighted by Crippen LogP contribution is 2.23. The molecule has 0 bridgehead atoms. The summed E-state index contributed by atoms with van der Waals surface area (Å²) in [4.78, 5) is 0. The van der Waals surface area contributed by atoms with Gasteiger partial charge < -0.3 is 15.3 Å². The van der Waals surface area contributed by atoms with Gasteiger partial charge in [0.2, 0.25) is 0 Å². The molecule has 3 N–H and O–H groups in total. The van der Waals surface area contributed by atoms with Gasteiger partial charge in [-0.2, -0.15) is 0 Å². The maximum absolute atomic E-state index is 9.54. The Morgan fingerprint density at radius 3 is 2.67 bits per heavy atom. The number of aryl methyl sites for hydroxylation is 2. The molecule has 0 aliphatic heterocycles. The molecule has 0 saturated heterocycles. The second-order valence-corrected chi connectivity index (χ2v) is 3.00. The Morgan fingerprint density at radius 1 is 1.58 bits per heavy atom. The third-order valence-electron chi connectivity index (χ3n) is 1.82. The van der Waals surface area contributed by atoms with Crippen molar-refractivity contribution in [2.24, 2.45) is 5.73 Å².